The predicted octanol–water partition coefficient (Wildman–Crippen LogP) is 3.85. The van der Waals surface area contributed by atoms with E-state index in [0.29, 0.717) is 16.5 Å². The molecule has 0 saturated heterocycles. The number of fused-ring (bicyclic) bond motifs is 1. The van der Waals surface area contributed by atoms with E-state index in [2.05, 4.69) is 12.2 Å². The number of ether oxygens (including phenoxy) is 2. The van der Waals surface area contributed by atoms with Gasteiger partial charge in [-0.25, -0.2) is 4.79 Å². The maximum Gasteiger partial charge on any atom is 0.341 e. The van der Waals surface area contributed by atoms with E-state index in [1.54, 1.807) is 7.11 Å². The second kappa shape index (κ2) is 7.91. The fourth-order valence-corrected chi connectivity index (χ4v) is 4.67. The van der Waals surface area contributed by atoms with Gasteiger partial charge in [-0.2, -0.15) is 0 Å². The van der Waals surface area contributed by atoms with E-state index in [4.69, 9.17) is 9.47 Å². The van der Waals surface area contributed by atoms with Crippen molar-refractivity contribution in [3.63, 3.8) is 0 Å². The molecule has 2 aromatic rings. The third-order valence-electron chi connectivity index (χ3n) is 4.68. The summed E-state index contributed by atoms with van der Waals surface area (Å²) in [5, 5.41) is 3.53. The lowest BCUT2D eigenvalue weighted by Crippen LogP contribution is -2.17. The first-order valence-electron chi connectivity index (χ1n) is 8.67. The van der Waals surface area contributed by atoms with E-state index < -0.39 is 0 Å². The molecule has 0 unspecified atom stereocenters. The molecule has 1 heterocycles. The van der Waals surface area contributed by atoms with Crippen LogP contribution in [0.2, 0.25) is 0 Å². The van der Waals surface area contributed by atoms with Crippen molar-refractivity contribution in [2.24, 2.45) is 5.92 Å². The Bertz CT molecular complexity index is 810. The quantitative estimate of drug-likeness (QED) is 0.809. The normalized spacial score (nSPS) is 15.9. The molecule has 0 fully saturated rings. The van der Waals surface area contributed by atoms with Gasteiger partial charge >= 0.3 is 5.97 Å². The first kappa shape index (κ1) is 18.5. The van der Waals surface area contributed by atoms with Crippen LogP contribution in [0.4, 0.5) is 5.00 Å². The van der Waals surface area contributed by atoms with Gasteiger partial charge in [0.1, 0.15) is 10.8 Å². The average molecular weight is 373 g/mol. The molecule has 0 bridgehead atoms. The molecule has 1 N–H and O–H groups in total. The van der Waals surface area contributed by atoms with Crippen LogP contribution in [0.3, 0.4) is 0 Å². The number of esters is 1. The van der Waals surface area contributed by atoms with Gasteiger partial charge in [-0.15, -0.1) is 11.3 Å². The van der Waals surface area contributed by atoms with Gasteiger partial charge in [0.25, 0.3) is 0 Å². The third kappa shape index (κ3) is 3.90. The molecule has 0 saturated carbocycles. The molecule has 138 valence electrons. The number of nitrogens with one attached hydrogen (secondary N) is 1. The standard InChI is InChI=1S/C20H23NO4S/c1-12-4-9-15-16(10-12)26-19(18(15)20(23)25-3)21-17(22)11-13-5-7-14(24-2)8-6-13/h5-8,12H,4,9-11H2,1-3H3,(H,21,22)/t12-/m0/s1. The van der Waals surface area contributed by atoms with E-state index in [-0.39, 0.29) is 18.3 Å². The summed E-state index contributed by atoms with van der Waals surface area (Å²) in [6, 6.07) is 7.38. The molecular weight excluding hydrogens is 350 g/mol. The highest BCUT2D eigenvalue weighted by atomic mass is 32.1. The third-order valence-corrected chi connectivity index (χ3v) is 5.85. The highest BCUT2D eigenvalue weighted by Crippen LogP contribution is 2.40. The highest BCUT2D eigenvalue weighted by molar-refractivity contribution is 7.17. The summed E-state index contributed by atoms with van der Waals surface area (Å²) in [5.74, 6) is 0.820. The Morgan fingerprint density at radius 2 is 1.96 bits per heavy atom. The van der Waals surface area contributed by atoms with Crippen molar-refractivity contribution in [1.82, 2.24) is 0 Å². The number of rotatable bonds is 5. The van der Waals surface area contributed by atoms with Crippen molar-refractivity contribution in [3.05, 3.63) is 45.8 Å². The fraction of sp³-hybridized carbons (Fsp3) is 0.400. The molecule has 3 rings (SSSR count). The first-order valence-corrected chi connectivity index (χ1v) is 9.49. The van der Waals surface area contributed by atoms with E-state index in [1.165, 1.54) is 23.3 Å². The maximum absolute atomic E-state index is 12.5. The summed E-state index contributed by atoms with van der Waals surface area (Å²) in [6.07, 6.45) is 3.08. The van der Waals surface area contributed by atoms with Crippen molar-refractivity contribution in [2.75, 3.05) is 19.5 Å². The zero-order chi connectivity index (χ0) is 18.7. The Morgan fingerprint density at radius 1 is 1.23 bits per heavy atom. The van der Waals surface area contributed by atoms with Gasteiger partial charge in [0.2, 0.25) is 5.91 Å². The summed E-state index contributed by atoms with van der Waals surface area (Å²) in [7, 11) is 2.98. The van der Waals surface area contributed by atoms with Gasteiger partial charge in [0.05, 0.1) is 26.2 Å². The van der Waals surface area contributed by atoms with Crippen molar-refractivity contribution in [3.8, 4) is 5.75 Å². The van der Waals surface area contributed by atoms with Crippen molar-refractivity contribution < 1.29 is 19.1 Å². The molecule has 1 aromatic carbocycles. The summed E-state index contributed by atoms with van der Waals surface area (Å²) in [6.45, 7) is 2.21. The topological polar surface area (TPSA) is 64.6 Å². The first-order chi connectivity index (χ1) is 12.5. The number of methoxy groups -OCH3 is 2. The van der Waals surface area contributed by atoms with Crippen LogP contribution in [0.15, 0.2) is 24.3 Å². The summed E-state index contributed by atoms with van der Waals surface area (Å²) < 4.78 is 10.1. The lowest BCUT2D eigenvalue weighted by molar-refractivity contribution is -0.115. The Labute approximate surface area is 157 Å². The van der Waals surface area contributed by atoms with Crippen molar-refractivity contribution in [2.45, 2.75) is 32.6 Å². The molecule has 0 radical (unpaired) electrons. The van der Waals surface area contributed by atoms with Gasteiger partial charge in [-0.1, -0.05) is 19.1 Å². The lowest BCUT2D eigenvalue weighted by atomic mass is 9.88. The molecule has 0 aliphatic heterocycles. The van der Waals surface area contributed by atoms with Crippen molar-refractivity contribution in [1.29, 1.82) is 0 Å². The molecule has 1 atom stereocenters. The van der Waals surface area contributed by atoms with E-state index in [0.717, 1.165) is 36.1 Å². The van der Waals surface area contributed by atoms with E-state index >= 15 is 0 Å². The Hall–Kier alpha value is -2.34. The van der Waals surface area contributed by atoms with Gasteiger partial charge in [0.15, 0.2) is 0 Å². The van der Waals surface area contributed by atoms with E-state index in [9.17, 15) is 9.59 Å². The smallest absolute Gasteiger partial charge is 0.341 e. The minimum absolute atomic E-state index is 0.146. The lowest BCUT2D eigenvalue weighted by Gasteiger charge is -2.18. The Kier molecular flexibility index (Phi) is 5.61. The predicted molar refractivity (Wildman–Crippen MR) is 102 cm³/mol. The van der Waals surface area contributed by atoms with Crippen LogP contribution in [-0.2, 0) is 28.8 Å². The zero-order valence-electron chi connectivity index (χ0n) is 15.3. The van der Waals surface area contributed by atoms with Crippen LogP contribution in [-0.4, -0.2) is 26.1 Å². The molecule has 1 aliphatic carbocycles. The van der Waals surface area contributed by atoms with Crippen LogP contribution < -0.4 is 10.1 Å². The highest BCUT2D eigenvalue weighted by Gasteiger charge is 2.28. The number of hydrogen-bond donors (Lipinski definition) is 1. The monoisotopic (exact) mass is 373 g/mol. The molecular formula is C20H23NO4S. The minimum Gasteiger partial charge on any atom is -0.497 e. The molecule has 1 amide bonds. The molecule has 6 heteroatoms. The Morgan fingerprint density at radius 3 is 2.62 bits per heavy atom. The zero-order valence-corrected chi connectivity index (χ0v) is 16.1. The molecule has 1 aromatic heterocycles. The summed E-state index contributed by atoms with van der Waals surface area (Å²) >= 11 is 1.50. The van der Waals surface area contributed by atoms with E-state index in [1.807, 2.05) is 24.3 Å². The van der Waals surface area contributed by atoms with Gasteiger partial charge in [-0.3, -0.25) is 4.79 Å². The number of carbonyl (C=O) groups is 2. The largest absolute Gasteiger partial charge is 0.497 e. The van der Waals surface area contributed by atoms with Crippen LogP contribution in [0.1, 0.15) is 39.7 Å². The van der Waals surface area contributed by atoms with Crippen molar-refractivity contribution >= 4 is 28.2 Å². The van der Waals surface area contributed by atoms with Crippen LogP contribution in [0.25, 0.3) is 0 Å². The van der Waals surface area contributed by atoms with Gasteiger partial charge in [0, 0.05) is 4.88 Å². The molecule has 0 spiro atoms. The Balaban J connectivity index is 1.79. The van der Waals surface area contributed by atoms with Gasteiger partial charge in [-0.05, 0) is 48.4 Å². The number of anilines is 1. The second-order valence-electron chi connectivity index (χ2n) is 6.62. The average Bonchev–Trinajstić information content (AvgIpc) is 2.98. The number of amides is 1. The SMILES string of the molecule is COC(=O)c1c(NC(=O)Cc2ccc(OC)cc2)sc2c1CC[C@H](C)C2. The number of thiophene rings is 1. The van der Waals surface area contributed by atoms with Gasteiger partial charge < -0.3 is 14.8 Å². The molecule has 26 heavy (non-hydrogen) atoms. The molecule has 1 aliphatic rings. The molecule has 5 nitrogen and oxygen atoms in total. The second-order valence-corrected chi connectivity index (χ2v) is 7.73. The number of carbonyl (C=O) groups excluding carboxylic acids is 2. The summed E-state index contributed by atoms with van der Waals surface area (Å²) in [5.41, 5.74) is 2.46. The fourth-order valence-electron chi connectivity index (χ4n) is 3.26. The maximum atomic E-state index is 12.5. The van der Waals surface area contributed by atoms with Crippen LogP contribution in [0.5, 0.6) is 5.75 Å². The van der Waals surface area contributed by atoms with Crippen LogP contribution >= 0.6 is 11.3 Å². The number of benzene rings is 1. The summed E-state index contributed by atoms with van der Waals surface area (Å²) in [4.78, 5) is 26.0. The van der Waals surface area contributed by atoms with Crippen LogP contribution in [0, 0.1) is 5.92 Å². The number of hydrogen-bond acceptors (Lipinski definition) is 5. The minimum atomic E-state index is -0.378.